The molecule has 0 bridgehead atoms. The molecule has 18 heavy (non-hydrogen) atoms. The number of amides is 1. The molecule has 0 aliphatic carbocycles. The fraction of sp³-hybridized carbons (Fsp3) is 0. The van der Waals surface area contributed by atoms with Gasteiger partial charge in [-0.2, -0.15) is 10.2 Å². The molecule has 3 N–H and O–H groups in total. The van der Waals surface area contributed by atoms with Crippen LogP contribution in [0.1, 0.15) is 16.1 Å². The molecule has 92 valence electrons. The number of carbonyl (C=O) groups is 1. The first kappa shape index (κ1) is 12.6. The number of carbonyl (C=O) groups excluding carboxylic acids is 1. The average Bonchev–Trinajstić information content (AvgIpc) is 2.78. The van der Waals surface area contributed by atoms with E-state index in [4.69, 9.17) is 5.11 Å². The number of nitrogens with zero attached hydrogens (tertiary/aromatic N) is 2. The topological polar surface area (TPSA) is 90.4 Å². The van der Waals surface area contributed by atoms with Gasteiger partial charge in [0.15, 0.2) is 0 Å². The molecule has 0 fully saturated rings. The first-order chi connectivity index (χ1) is 8.66. The third kappa shape index (κ3) is 3.06. The van der Waals surface area contributed by atoms with Crippen molar-refractivity contribution < 1.29 is 9.90 Å². The predicted octanol–water partition coefficient (Wildman–Crippen LogP) is 1.48. The summed E-state index contributed by atoms with van der Waals surface area (Å²) in [4.78, 5) is 11.6. The fourth-order valence-electron chi connectivity index (χ4n) is 1.21. The molecule has 1 heterocycles. The Kier molecular flexibility index (Phi) is 3.92. The Morgan fingerprint density at radius 2 is 2.17 bits per heavy atom. The summed E-state index contributed by atoms with van der Waals surface area (Å²) >= 11 is 2.00. The SMILES string of the molecule is O=C(N/N=C/c1ccc(O)cc1)c1[nH]ncc1I. The number of nitrogens with one attached hydrogen (secondary N) is 2. The van der Waals surface area contributed by atoms with Gasteiger partial charge in [0, 0.05) is 0 Å². The van der Waals surface area contributed by atoms with Gasteiger partial charge in [0.05, 0.1) is 16.0 Å². The Morgan fingerprint density at radius 1 is 1.44 bits per heavy atom. The third-order valence-electron chi connectivity index (χ3n) is 2.09. The second-order valence-corrected chi connectivity index (χ2v) is 4.55. The van der Waals surface area contributed by atoms with Crippen LogP contribution in [0.5, 0.6) is 5.75 Å². The third-order valence-corrected chi connectivity index (χ3v) is 2.91. The summed E-state index contributed by atoms with van der Waals surface area (Å²) in [5, 5.41) is 19.2. The van der Waals surface area contributed by atoms with E-state index in [1.807, 2.05) is 22.6 Å². The van der Waals surface area contributed by atoms with E-state index >= 15 is 0 Å². The number of hydrogen-bond donors (Lipinski definition) is 3. The first-order valence-corrected chi connectivity index (χ1v) is 6.06. The Morgan fingerprint density at radius 3 is 2.78 bits per heavy atom. The van der Waals surface area contributed by atoms with E-state index in [0.717, 1.165) is 9.13 Å². The lowest BCUT2D eigenvalue weighted by Gasteiger charge is -1.97. The summed E-state index contributed by atoms with van der Waals surface area (Å²) < 4.78 is 0.727. The molecule has 1 aromatic carbocycles. The maximum atomic E-state index is 11.6. The quantitative estimate of drug-likeness (QED) is 0.442. The van der Waals surface area contributed by atoms with Gasteiger partial charge in [0.2, 0.25) is 0 Å². The number of halogens is 1. The van der Waals surface area contributed by atoms with Crippen LogP contribution in [0.2, 0.25) is 0 Å². The molecule has 0 unspecified atom stereocenters. The maximum absolute atomic E-state index is 11.6. The summed E-state index contributed by atoms with van der Waals surface area (Å²) in [5.41, 5.74) is 3.53. The highest BCUT2D eigenvalue weighted by molar-refractivity contribution is 14.1. The minimum atomic E-state index is -0.355. The van der Waals surface area contributed by atoms with Gasteiger partial charge in [-0.3, -0.25) is 9.89 Å². The Hall–Kier alpha value is -1.90. The van der Waals surface area contributed by atoms with Gasteiger partial charge in [-0.15, -0.1) is 0 Å². The van der Waals surface area contributed by atoms with Crippen molar-refractivity contribution in [3.8, 4) is 5.75 Å². The fourth-order valence-corrected chi connectivity index (χ4v) is 1.72. The Bertz CT molecular complexity index is 577. The number of hydrogen-bond acceptors (Lipinski definition) is 4. The molecule has 6 nitrogen and oxygen atoms in total. The predicted molar refractivity (Wildman–Crippen MR) is 74.5 cm³/mol. The van der Waals surface area contributed by atoms with Crippen molar-refractivity contribution in [3.05, 3.63) is 45.3 Å². The van der Waals surface area contributed by atoms with Gasteiger partial charge in [0.1, 0.15) is 11.4 Å². The molecule has 2 aromatic rings. The van der Waals surface area contributed by atoms with Gasteiger partial charge in [-0.1, -0.05) is 0 Å². The van der Waals surface area contributed by atoms with Crippen LogP contribution in [0, 0.1) is 3.57 Å². The number of phenolic OH excluding ortho intramolecular Hbond substituents is 1. The second kappa shape index (κ2) is 5.63. The molecule has 7 heteroatoms. The Balaban J connectivity index is 1.98. The monoisotopic (exact) mass is 356 g/mol. The zero-order valence-corrected chi connectivity index (χ0v) is 11.2. The van der Waals surface area contributed by atoms with Crippen molar-refractivity contribution in [2.75, 3.05) is 0 Å². The molecule has 1 aromatic heterocycles. The molecule has 0 aliphatic heterocycles. The zero-order chi connectivity index (χ0) is 13.0. The number of aromatic hydroxyl groups is 1. The summed E-state index contributed by atoms with van der Waals surface area (Å²) in [5.74, 6) is -0.171. The zero-order valence-electron chi connectivity index (χ0n) is 9.09. The summed E-state index contributed by atoms with van der Waals surface area (Å²) in [6.07, 6.45) is 3.04. The van der Waals surface area contributed by atoms with Gasteiger partial charge in [-0.25, -0.2) is 5.43 Å². The van der Waals surface area contributed by atoms with E-state index < -0.39 is 0 Å². The van der Waals surface area contributed by atoms with Crippen molar-refractivity contribution in [3.63, 3.8) is 0 Å². The molecule has 0 spiro atoms. The lowest BCUT2D eigenvalue weighted by Crippen LogP contribution is -2.19. The molecule has 0 aliphatic rings. The number of H-pyrrole nitrogens is 1. The van der Waals surface area contributed by atoms with Crippen LogP contribution in [0.25, 0.3) is 0 Å². The van der Waals surface area contributed by atoms with Crippen molar-refractivity contribution in [1.29, 1.82) is 0 Å². The van der Waals surface area contributed by atoms with Crippen molar-refractivity contribution in [2.24, 2.45) is 5.10 Å². The first-order valence-electron chi connectivity index (χ1n) is 4.98. The summed E-state index contributed by atoms with van der Waals surface area (Å²) in [7, 11) is 0. The largest absolute Gasteiger partial charge is 0.508 e. The van der Waals surface area contributed by atoms with Crippen LogP contribution < -0.4 is 5.43 Å². The van der Waals surface area contributed by atoms with Crippen LogP contribution in [-0.4, -0.2) is 27.4 Å². The number of phenols is 1. The number of hydrazone groups is 1. The number of aromatic nitrogens is 2. The maximum Gasteiger partial charge on any atom is 0.290 e. The molecule has 0 radical (unpaired) electrons. The van der Waals surface area contributed by atoms with E-state index in [0.29, 0.717) is 5.69 Å². The van der Waals surface area contributed by atoms with Gasteiger partial charge < -0.3 is 5.11 Å². The molecular weight excluding hydrogens is 347 g/mol. The van der Waals surface area contributed by atoms with Crippen LogP contribution in [-0.2, 0) is 0 Å². The van der Waals surface area contributed by atoms with Crippen LogP contribution >= 0.6 is 22.6 Å². The van der Waals surface area contributed by atoms with Crippen molar-refractivity contribution in [2.45, 2.75) is 0 Å². The Labute approximate surface area is 116 Å². The van der Waals surface area contributed by atoms with Crippen molar-refractivity contribution >= 4 is 34.7 Å². The normalized spacial score (nSPS) is 10.7. The van der Waals surface area contributed by atoms with Crippen LogP contribution in [0.15, 0.2) is 35.6 Å². The van der Waals surface area contributed by atoms with E-state index in [1.165, 1.54) is 6.21 Å². The molecule has 0 saturated heterocycles. The molecule has 0 saturated carbocycles. The van der Waals surface area contributed by atoms with Crippen LogP contribution in [0.3, 0.4) is 0 Å². The smallest absolute Gasteiger partial charge is 0.290 e. The molecule has 1 amide bonds. The number of benzene rings is 1. The molecule has 2 rings (SSSR count). The minimum absolute atomic E-state index is 0.184. The standard InChI is InChI=1S/C11H9IN4O2/c12-9-6-14-15-10(9)11(18)16-13-5-7-1-3-8(17)4-2-7/h1-6,17H,(H,14,15)(H,16,18)/b13-5+. The second-order valence-electron chi connectivity index (χ2n) is 3.38. The lowest BCUT2D eigenvalue weighted by atomic mass is 10.2. The minimum Gasteiger partial charge on any atom is -0.508 e. The molecular formula is C11H9IN4O2. The van der Waals surface area contributed by atoms with E-state index in [2.05, 4.69) is 20.7 Å². The highest BCUT2D eigenvalue weighted by Crippen LogP contribution is 2.08. The summed E-state index contributed by atoms with van der Waals surface area (Å²) in [6, 6.07) is 6.46. The van der Waals surface area contributed by atoms with Gasteiger partial charge in [-0.05, 0) is 52.4 Å². The van der Waals surface area contributed by atoms with Crippen molar-refractivity contribution in [1.82, 2.24) is 15.6 Å². The molecule has 0 atom stereocenters. The van der Waals surface area contributed by atoms with Crippen LogP contribution in [0.4, 0.5) is 0 Å². The summed E-state index contributed by atoms with van der Waals surface area (Å²) in [6.45, 7) is 0. The van der Waals surface area contributed by atoms with Gasteiger partial charge in [0.25, 0.3) is 5.91 Å². The van der Waals surface area contributed by atoms with E-state index in [9.17, 15) is 4.79 Å². The van der Waals surface area contributed by atoms with E-state index in [-0.39, 0.29) is 11.7 Å². The number of rotatable bonds is 3. The highest BCUT2D eigenvalue weighted by Gasteiger charge is 2.10. The highest BCUT2D eigenvalue weighted by atomic mass is 127. The lowest BCUT2D eigenvalue weighted by molar-refractivity contribution is 0.0949. The number of aromatic amines is 1. The average molecular weight is 356 g/mol. The van der Waals surface area contributed by atoms with Gasteiger partial charge >= 0.3 is 0 Å². The van der Waals surface area contributed by atoms with E-state index in [1.54, 1.807) is 30.5 Å².